The topological polar surface area (TPSA) is 117 Å². The van der Waals surface area contributed by atoms with Crippen LogP contribution in [0.1, 0.15) is 60.8 Å². The van der Waals surface area contributed by atoms with E-state index in [-0.39, 0.29) is 31.7 Å². The average molecular weight is 403 g/mol. The van der Waals surface area contributed by atoms with Gasteiger partial charge in [0, 0.05) is 20.8 Å². The van der Waals surface area contributed by atoms with Gasteiger partial charge in [0.05, 0.1) is 19.3 Å². The van der Waals surface area contributed by atoms with Crippen molar-refractivity contribution in [3.8, 4) is 0 Å². The van der Waals surface area contributed by atoms with Gasteiger partial charge < -0.3 is 24.3 Å². The second-order valence-electron chi connectivity index (χ2n) is 7.53. The largest absolute Gasteiger partial charge is 0.466 e. The van der Waals surface area contributed by atoms with Gasteiger partial charge in [-0.25, -0.2) is 4.79 Å². The molecule has 1 amide bonds. The first kappa shape index (κ1) is 25.7. The summed E-state index contributed by atoms with van der Waals surface area (Å²) < 4.78 is 20.3. The minimum atomic E-state index is -0.669. The SMILES string of the molecule is CC(=O)OCCC[C@@H](COC(C)=O)C[C@H](COC(C)=O)NC(=O)OC(C)(C)C. The van der Waals surface area contributed by atoms with Crippen LogP contribution in [0.25, 0.3) is 0 Å². The maximum atomic E-state index is 12.1. The third kappa shape index (κ3) is 15.9. The number of carbonyl (C=O) groups is 4. The molecule has 0 spiro atoms. The summed E-state index contributed by atoms with van der Waals surface area (Å²) in [5, 5.41) is 2.69. The first-order chi connectivity index (χ1) is 12.9. The summed E-state index contributed by atoms with van der Waals surface area (Å²) in [5.41, 5.74) is -0.669. The van der Waals surface area contributed by atoms with Gasteiger partial charge in [-0.1, -0.05) is 0 Å². The number of rotatable bonds is 11. The first-order valence-corrected chi connectivity index (χ1v) is 9.28. The van der Waals surface area contributed by atoms with Gasteiger partial charge in [0.25, 0.3) is 0 Å². The molecule has 0 saturated heterocycles. The maximum Gasteiger partial charge on any atom is 0.407 e. The number of carbonyl (C=O) groups excluding carboxylic acids is 4. The van der Waals surface area contributed by atoms with E-state index in [2.05, 4.69) is 5.32 Å². The molecule has 0 heterocycles. The standard InChI is InChI=1S/C19H33NO8/c1-13(21)25-9-7-8-16(11-26-14(2)22)10-17(12-27-15(3)23)20-18(24)28-19(4,5)6/h16-17H,7-12H2,1-6H3,(H,20,24)/t16-,17-/m1/s1. The lowest BCUT2D eigenvalue weighted by Crippen LogP contribution is -2.43. The van der Waals surface area contributed by atoms with Gasteiger partial charge in [0.2, 0.25) is 0 Å². The summed E-state index contributed by atoms with van der Waals surface area (Å²) in [7, 11) is 0. The van der Waals surface area contributed by atoms with Crippen LogP contribution in [-0.4, -0.2) is 55.5 Å². The van der Waals surface area contributed by atoms with Crippen LogP contribution in [0.4, 0.5) is 4.79 Å². The van der Waals surface area contributed by atoms with Crippen LogP contribution in [0.15, 0.2) is 0 Å². The van der Waals surface area contributed by atoms with Crippen LogP contribution < -0.4 is 5.32 Å². The number of hydrogen-bond acceptors (Lipinski definition) is 8. The molecule has 28 heavy (non-hydrogen) atoms. The normalized spacial score (nSPS) is 13.1. The number of alkyl carbamates (subject to hydrolysis) is 1. The molecule has 0 saturated carbocycles. The van der Waals surface area contributed by atoms with E-state index in [9.17, 15) is 19.2 Å². The van der Waals surface area contributed by atoms with Crippen molar-refractivity contribution in [3.63, 3.8) is 0 Å². The Balaban J connectivity index is 4.92. The van der Waals surface area contributed by atoms with Gasteiger partial charge in [-0.15, -0.1) is 0 Å². The van der Waals surface area contributed by atoms with Crippen molar-refractivity contribution in [2.75, 3.05) is 19.8 Å². The van der Waals surface area contributed by atoms with Crippen LogP contribution in [0.2, 0.25) is 0 Å². The predicted octanol–water partition coefficient (Wildman–Crippen LogP) is 2.36. The zero-order chi connectivity index (χ0) is 21.7. The molecular formula is C19H33NO8. The van der Waals surface area contributed by atoms with Crippen LogP contribution in [0.3, 0.4) is 0 Å². The zero-order valence-corrected chi connectivity index (χ0v) is 17.7. The third-order valence-corrected chi connectivity index (χ3v) is 3.41. The molecule has 0 aliphatic carbocycles. The van der Waals surface area contributed by atoms with E-state index in [1.54, 1.807) is 20.8 Å². The quantitative estimate of drug-likeness (QED) is 0.317. The molecule has 0 aromatic carbocycles. The van der Waals surface area contributed by atoms with E-state index in [4.69, 9.17) is 18.9 Å². The Morgan fingerprint density at radius 3 is 1.89 bits per heavy atom. The molecule has 9 heteroatoms. The van der Waals surface area contributed by atoms with Gasteiger partial charge in [-0.2, -0.15) is 0 Å². The van der Waals surface area contributed by atoms with Crippen molar-refractivity contribution in [3.05, 3.63) is 0 Å². The molecular weight excluding hydrogens is 370 g/mol. The van der Waals surface area contributed by atoms with Crippen LogP contribution in [0, 0.1) is 5.92 Å². The lowest BCUT2D eigenvalue weighted by molar-refractivity contribution is -0.142. The van der Waals surface area contributed by atoms with Crippen LogP contribution >= 0.6 is 0 Å². The second kappa shape index (κ2) is 13.0. The van der Waals surface area contributed by atoms with Crippen molar-refractivity contribution in [1.82, 2.24) is 5.32 Å². The minimum absolute atomic E-state index is 0.0326. The fourth-order valence-corrected chi connectivity index (χ4v) is 2.36. The highest BCUT2D eigenvalue weighted by Crippen LogP contribution is 2.16. The van der Waals surface area contributed by atoms with Gasteiger partial charge in [0.15, 0.2) is 0 Å². The smallest absolute Gasteiger partial charge is 0.407 e. The molecule has 0 aliphatic rings. The average Bonchev–Trinajstić information content (AvgIpc) is 2.51. The van der Waals surface area contributed by atoms with E-state index in [0.717, 1.165) is 0 Å². The highest BCUT2D eigenvalue weighted by molar-refractivity contribution is 5.68. The molecule has 0 aromatic rings. The van der Waals surface area contributed by atoms with Gasteiger partial charge in [0.1, 0.15) is 12.2 Å². The number of esters is 3. The Kier molecular flexibility index (Phi) is 11.9. The molecule has 9 nitrogen and oxygen atoms in total. The van der Waals surface area contributed by atoms with Crippen molar-refractivity contribution in [1.29, 1.82) is 0 Å². The monoisotopic (exact) mass is 403 g/mol. The summed E-state index contributed by atoms with van der Waals surface area (Å²) >= 11 is 0. The summed E-state index contributed by atoms with van der Waals surface area (Å²) in [6, 6.07) is -0.520. The van der Waals surface area contributed by atoms with E-state index in [0.29, 0.717) is 19.3 Å². The van der Waals surface area contributed by atoms with Gasteiger partial charge >= 0.3 is 24.0 Å². The Morgan fingerprint density at radius 1 is 0.857 bits per heavy atom. The van der Waals surface area contributed by atoms with Gasteiger partial charge in [-0.05, 0) is 46.0 Å². The summed E-state index contributed by atoms with van der Waals surface area (Å²) in [6.45, 7) is 9.50. The highest BCUT2D eigenvalue weighted by Gasteiger charge is 2.24. The molecule has 162 valence electrons. The Hall–Kier alpha value is -2.32. The summed E-state index contributed by atoms with van der Waals surface area (Å²) in [4.78, 5) is 45.3. The third-order valence-electron chi connectivity index (χ3n) is 3.41. The number of amides is 1. The molecule has 0 fully saturated rings. The van der Waals surface area contributed by atoms with E-state index in [1.165, 1.54) is 20.8 Å². The molecule has 2 atom stereocenters. The van der Waals surface area contributed by atoms with Crippen molar-refractivity contribution >= 4 is 24.0 Å². The molecule has 1 N–H and O–H groups in total. The fourth-order valence-electron chi connectivity index (χ4n) is 2.36. The minimum Gasteiger partial charge on any atom is -0.466 e. The van der Waals surface area contributed by atoms with E-state index < -0.39 is 29.7 Å². The molecule has 0 rings (SSSR count). The first-order valence-electron chi connectivity index (χ1n) is 9.28. The Bertz CT molecular complexity index is 527. The second-order valence-corrected chi connectivity index (χ2v) is 7.53. The molecule has 0 aromatic heterocycles. The number of nitrogens with one attached hydrogen (secondary N) is 1. The highest BCUT2D eigenvalue weighted by atomic mass is 16.6. The Morgan fingerprint density at radius 2 is 1.39 bits per heavy atom. The number of ether oxygens (including phenoxy) is 4. The zero-order valence-electron chi connectivity index (χ0n) is 17.7. The molecule has 0 bridgehead atoms. The van der Waals surface area contributed by atoms with Crippen LogP contribution in [-0.2, 0) is 33.3 Å². The number of hydrogen-bond donors (Lipinski definition) is 1. The lowest BCUT2D eigenvalue weighted by atomic mass is 9.96. The van der Waals surface area contributed by atoms with Crippen LogP contribution in [0.5, 0.6) is 0 Å². The molecule has 0 unspecified atom stereocenters. The molecule has 0 radical (unpaired) electrons. The predicted molar refractivity (Wildman–Crippen MR) is 100 cm³/mol. The summed E-state index contributed by atoms with van der Waals surface area (Å²) in [5.74, 6) is -1.38. The lowest BCUT2D eigenvalue weighted by Gasteiger charge is -2.26. The Labute approximate surface area is 166 Å². The van der Waals surface area contributed by atoms with Crippen molar-refractivity contribution in [2.45, 2.75) is 72.4 Å². The fraction of sp³-hybridized carbons (Fsp3) is 0.789. The van der Waals surface area contributed by atoms with Crippen molar-refractivity contribution in [2.24, 2.45) is 5.92 Å². The summed E-state index contributed by atoms with van der Waals surface area (Å²) in [6.07, 6.45) is 0.918. The van der Waals surface area contributed by atoms with Gasteiger partial charge in [-0.3, -0.25) is 14.4 Å². The maximum absolute atomic E-state index is 12.1. The van der Waals surface area contributed by atoms with Crippen molar-refractivity contribution < 1.29 is 38.1 Å². The van der Waals surface area contributed by atoms with E-state index >= 15 is 0 Å². The van der Waals surface area contributed by atoms with E-state index in [1.807, 2.05) is 0 Å². The molecule has 0 aliphatic heterocycles.